The number of allylic oxidation sites excluding steroid dienone is 2. The average molecular weight is 137 g/mol. The Hall–Kier alpha value is -1.12. The van der Waals surface area contributed by atoms with E-state index in [1.54, 1.807) is 4.68 Å². The maximum absolute atomic E-state index is 3.88. The molecule has 0 aliphatic heterocycles. The first-order valence-corrected chi connectivity index (χ1v) is 3.26. The van der Waals surface area contributed by atoms with Gasteiger partial charge < -0.3 is 0 Å². The third-order valence-electron chi connectivity index (χ3n) is 1.39. The predicted octanol–water partition coefficient (Wildman–Crippen LogP) is 1.47. The minimum atomic E-state index is 0.946. The Balaban J connectivity index is 2.95. The van der Waals surface area contributed by atoms with Crippen molar-refractivity contribution in [1.82, 2.24) is 15.0 Å². The topological polar surface area (TPSA) is 30.7 Å². The molecule has 0 radical (unpaired) electrons. The highest BCUT2D eigenvalue weighted by Gasteiger charge is 1.93. The van der Waals surface area contributed by atoms with Crippen molar-refractivity contribution < 1.29 is 0 Å². The quantitative estimate of drug-likeness (QED) is 0.586. The molecule has 0 aliphatic carbocycles. The summed E-state index contributed by atoms with van der Waals surface area (Å²) in [5.41, 5.74) is 2.04. The van der Waals surface area contributed by atoms with Crippen molar-refractivity contribution in [2.75, 3.05) is 0 Å². The van der Waals surface area contributed by atoms with Crippen LogP contribution in [0, 0.1) is 6.92 Å². The van der Waals surface area contributed by atoms with Crippen molar-refractivity contribution in [3.05, 3.63) is 18.0 Å². The Morgan fingerprint density at radius 1 is 1.70 bits per heavy atom. The summed E-state index contributed by atoms with van der Waals surface area (Å²) < 4.78 is 1.76. The fourth-order valence-electron chi connectivity index (χ4n) is 0.652. The van der Waals surface area contributed by atoms with Crippen molar-refractivity contribution in [2.24, 2.45) is 0 Å². The summed E-state index contributed by atoms with van der Waals surface area (Å²) in [4.78, 5) is 0. The van der Waals surface area contributed by atoms with Gasteiger partial charge in [-0.3, -0.25) is 0 Å². The van der Waals surface area contributed by atoms with Crippen molar-refractivity contribution in [3.8, 4) is 0 Å². The van der Waals surface area contributed by atoms with Crippen LogP contribution >= 0.6 is 0 Å². The van der Waals surface area contributed by atoms with Gasteiger partial charge in [0.15, 0.2) is 0 Å². The maximum Gasteiger partial charge on any atom is 0.0800 e. The minimum Gasteiger partial charge on any atom is -0.225 e. The zero-order valence-corrected chi connectivity index (χ0v) is 6.50. The zero-order chi connectivity index (χ0) is 7.56. The van der Waals surface area contributed by atoms with Crippen LogP contribution in [0.2, 0.25) is 0 Å². The molecule has 1 rings (SSSR count). The molecule has 0 amide bonds. The van der Waals surface area contributed by atoms with Crippen LogP contribution in [0.1, 0.15) is 19.5 Å². The van der Waals surface area contributed by atoms with Gasteiger partial charge in [-0.2, -0.15) is 0 Å². The highest BCUT2D eigenvalue weighted by atomic mass is 15.4. The number of hydrogen-bond donors (Lipinski definition) is 0. The molecule has 0 atom stereocenters. The van der Waals surface area contributed by atoms with Crippen LogP contribution in [0.3, 0.4) is 0 Å². The van der Waals surface area contributed by atoms with E-state index < -0.39 is 0 Å². The van der Waals surface area contributed by atoms with E-state index in [1.165, 1.54) is 0 Å². The molecule has 10 heavy (non-hydrogen) atoms. The Kier molecular flexibility index (Phi) is 1.85. The van der Waals surface area contributed by atoms with Gasteiger partial charge in [-0.25, -0.2) is 4.68 Å². The summed E-state index contributed by atoms with van der Waals surface area (Å²) in [6.45, 7) is 5.90. The van der Waals surface area contributed by atoms with Gasteiger partial charge in [0, 0.05) is 5.70 Å². The molecule has 0 N–H and O–H groups in total. The van der Waals surface area contributed by atoms with Gasteiger partial charge in [0.2, 0.25) is 0 Å². The van der Waals surface area contributed by atoms with Crippen molar-refractivity contribution in [2.45, 2.75) is 20.8 Å². The van der Waals surface area contributed by atoms with Gasteiger partial charge in [0.1, 0.15) is 0 Å². The lowest BCUT2D eigenvalue weighted by Gasteiger charge is -1.94. The number of hydrogen-bond acceptors (Lipinski definition) is 2. The van der Waals surface area contributed by atoms with Crippen LogP contribution in [0.15, 0.2) is 12.3 Å². The van der Waals surface area contributed by atoms with Crippen molar-refractivity contribution >= 4 is 5.70 Å². The molecule has 0 aliphatic rings. The second-order valence-electron chi connectivity index (χ2n) is 2.23. The van der Waals surface area contributed by atoms with Crippen LogP contribution in [0.4, 0.5) is 0 Å². The van der Waals surface area contributed by atoms with E-state index >= 15 is 0 Å². The third-order valence-corrected chi connectivity index (χ3v) is 1.39. The number of aryl methyl sites for hydroxylation is 1. The van der Waals surface area contributed by atoms with Gasteiger partial charge in [-0.1, -0.05) is 11.3 Å². The van der Waals surface area contributed by atoms with E-state index in [4.69, 9.17) is 0 Å². The summed E-state index contributed by atoms with van der Waals surface area (Å²) >= 11 is 0. The van der Waals surface area contributed by atoms with Gasteiger partial charge >= 0.3 is 0 Å². The average Bonchev–Trinajstić information content (AvgIpc) is 2.34. The van der Waals surface area contributed by atoms with E-state index in [0.717, 1.165) is 11.4 Å². The molecule has 1 aromatic heterocycles. The second-order valence-corrected chi connectivity index (χ2v) is 2.23. The number of rotatable bonds is 1. The smallest absolute Gasteiger partial charge is 0.0800 e. The largest absolute Gasteiger partial charge is 0.225 e. The fourth-order valence-corrected chi connectivity index (χ4v) is 0.652. The lowest BCUT2D eigenvalue weighted by atomic mass is 10.4. The highest BCUT2D eigenvalue weighted by Crippen LogP contribution is 1.99. The lowest BCUT2D eigenvalue weighted by molar-refractivity contribution is 0.811. The molecule has 0 fully saturated rings. The van der Waals surface area contributed by atoms with Gasteiger partial charge in [0.05, 0.1) is 11.9 Å². The molecule has 0 saturated carbocycles. The Labute approximate surface area is 60.4 Å². The van der Waals surface area contributed by atoms with Crippen LogP contribution in [0.5, 0.6) is 0 Å². The molecule has 0 bridgehead atoms. The van der Waals surface area contributed by atoms with Crippen LogP contribution in [-0.4, -0.2) is 15.0 Å². The summed E-state index contributed by atoms with van der Waals surface area (Å²) in [5, 5.41) is 7.74. The molecule has 0 saturated heterocycles. The lowest BCUT2D eigenvalue weighted by Crippen LogP contribution is -1.92. The maximum atomic E-state index is 3.88. The van der Waals surface area contributed by atoms with E-state index in [1.807, 2.05) is 33.0 Å². The standard InChI is InChI=1S/C7H11N3/c1-4-7(3)10-5-6(2)8-9-10/h4-5H,1-3H3. The normalized spacial score (nSPS) is 12.1. The SMILES string of the molecule is CC=C(C)n1cc(C)nn1. The van der Waals surface area contributed by atoms with Crippen LogP contribution in [-0.2, 0) is 0 Å². The second kappa shape index (κ2) is 2.64. The zero-order valence-electron chi connectivity index (χ0n) is 6.50. The first-order chi connectivity index (χ1) is 4.74. The first-order valence-electron chi connectivity index (χ1n) is 3.26. The molecule has 54 valence electrons. The Bertz CT molecular complexity index is 247. The molecular formula is C7H11N3. The van der Waals surface area contributed by atoms with E-state index in [2.05, 4.69) is 10.3 Å². The molecule has 0 unspecified atom stereocenters. The van der Waals surface area contributed by atoms with Crippen molar-refractivity contribution in [3.63, 3.8) is 0 Å². The fraction of sp³-hybridized carbons (Fsp3) is 0.429. The molecule has 0 spiro atoms. The number of aromatic nitrogens is 3. The molecule has 3 heteroatoms. The summed E-state index contributed by atoms with van der Waals surface area (Å²) in [6, 6.07) is 0. The number of nitrogens with zero attached hydrogens (tertiary/aromatic N) is 3. The first kappa shape index (κ1) is 6.99. The molecule has 0 aromatic carbocycles. The Morgan fingerprint density at radius 3 is 2.80 bits per heavy atom. The van der Waals surface area contributed by atoms with E-state index in [9.17, 15) is 0 Å². The third kappa shape index (κ3) is 1.23. The van der Waals surface area contributed by atoms with Crippen LogP contribution < -0.4 is 0 Å². The van der Waals surface area contributed by atoms with Gasteiger partial charge in [-0.15, -0.1) is 5.10 Å². The van der Waals surface area contributed by atoms with Crippen molar-refractivity contribution in [1.29, 1.82) is 0 Å². The summed E-state index contributed by atoms with van der Waals surface area (Å²) in [5.74, 6) is 0. The Morgan fingerprint density at radius 2 is 2.40 bits per heavy atom. The summed E-state index contributed by atoms with van der Waals surface area (Å²) in [7, 11) is 0. The summed E-state index contributed by atoms with van der Waals surface area (Å²) in [6.07, 6.45) is 3.89. The van der Waals surface area contributed by atoms with E-state index in [-0.39, 0.29) is 0 Å². The van der Waals surface area contributed by atoms with E-state index in [0.29, 0.717) is 0 Å². The van der Waals surface area contributed by atoms with Gasteiger partial charge in [0.25, 0.3) is 0 Å². The predicted molar refractivity (Wildman–Crippen MR) is 40.4 cm³/mol. The molecule has 3 nitrogen and oxygen atoms in total. The molecule has 1 aromatic rings. The van der Waals surface area contributed by atoms with Gasteiger partial charge in [-0.05, 0) is 20.8 Å². The van der Waals surface area contributed by atoms with Crippen LogP contribution in [0.25, 0.3) is 5.70 Å². The monoisotopic (exact) mass is 137 g/mol. The highest BCUT2D eigenvalue weighted by molar-refractivity contribution is 5.39. The minimum absolute atomic E-state index is 0.946. The molecular weight excluding hydrogens is 126 g/mol. The molecule has 1 heterocycles.